The smallest absolute Gasteiger partial charge is 0.271 e. The third-order valence-electron chi connectivity index (χ3n) is 4.56. The van der Waals surface area contributed by atoms with Gasteiger partial charge in [-0.2, -0.15) is 4.31 Å². The van der Waals surface area contributed by atoms with Gasteiger partial charge < -0.3 is 9.88 Å². The molecule has 0 aliphatic carbocycles. The summed E-state index contributed by atoms with van der Waals surface area (Å²) >= 11 is 0. The van der Waals surface area contributed by atoms with Crippen LogP contribution in [0.25, 0.3) is 0 Å². The van der Waals surface area contributed by atoms with E-state index in [-0.39, 0.29) is 17.3 Å². The van der Waals surface area contributed by atoms with Crippen LogP contribution in [0.2, 0.25) is 0 Å². The van der Waals surface area contributed by atoms with Crippen LogP contribution in [0.5, 0.6) is 0 Å². The molecule has 1 aliphatic rings. The monoisotopic (exact) mass is 389 g/mol. The number of hydrogen-bond donors (Lipinski definition) is 1. The molecule has 0 unspecified atom stereocenters. The van der Waals surface area contributed by atoms with Crippen LogP contribution in [0.1, 0.15) is 24.8 Å². The van der Waals surface area contributed by atoms with E-state index in [4.69, 9.17) is 0 Å². The zero-order valence-electron chi connectivity index (χ0n) is 15.0. The van der Waals surface area contributed by atoms with Gasteiger partial charge in [0.2, 0.25) is 15.9 Å². The quantitative estimate of drug-likeness (QED) is 0.808. The van der Waals surface area contributed by atoms with E-state index >= 15 is 0 Å². The minimum atomic E-state index is -3.84. The molecule has 0 bridgehead atoms. The minimum Gasteiger partial charge on any atom is -0.350 e. The van der Waals surface area contributed by atoms with Crippen LogP contribution in [0.15, 0.2) is 58.4 Å². The fourth-order valence-electron chi connectivity index (χ4n) is 3.09. The second kappa shape index (κ2) is 8.49. The summed E-state index contributed by atoms with van der Waals surface area (Å²) < 4.78 is 28.0. The molecule has 1 fully saturated rings. The number of amides is 1. The van der Waals surface area contributed by atoms with E-state index in [0.717, 1.165) is 29.4 Å². The Morgan fingerprint density at radius 1 is 1.00 bits per heavy atom. The van der Waals surface area contributed by atoms with Crippen LogP contribution in [0, 0.1) is 0 Å². The lowest BCUT2D eigenvalue weighted by atomic mass is 10.2. The third-order valence-corrected chi connectivity index (χ3v) is 6.48. The molecule has 0 spiro atoms. The van der Waals surface area contributed by atoms with E-state index in [1.807, 2.05) is 30.3 Å². The number of benzene rings is 1. The predicted molar refractivity (Wildman–Crippen MR) is 102 cm³/mol. The van der Waals surface area contributed by atoms with Crippen molar-refractivity contribution < 1.29 is 13.2 Å². The molecule has 2 aromatic rings. The molecule has 0 radical (unpaired) electrons. The highest BCUT2D eigenvalue weighted by Crippen LogP contribution is 2.17. The standard InChI is InChI=1S/C19H23N3O4S/c23-18(20-14-16-8-3-1-4-9-16)15-21-11-7-10-17(19(21)24)27(25,26)22-12-5-2-6-13-22/h1,3-4,7-11H,2,5-6,12-15H2,(H,20,23). The molecule has 1 aromatic carbocycles. The normalized spacial score (nSPS) is 15.4. The fraction of sp³-hybridized carbons (Fsp3) is 0.368. The number of nitrogens with one attached hydrogen (secondary N) is 1. The second-order valence-electron chi connectivity index (χ2n) is 6.53. The maximum atomic E-state index is 12.8. The predicted octanol–water partition coefficient (Wildman–Crippen LogP) is 1.34. The summed E-state index contributed by atoms with van der Waals surface area (Å²) in [7, 11) is -3.84. The number of piperidine rings is 1. The SMILES string of the molecule is O=C(Cn1cccc(S(=O)(=O)N2CCCCC2)c1=O)NCc1ccccc1. The van der Waals surface area contributed by atoms with Gasteiger partial charge in [-0.25, -0.2) is 8.42 Å². The molecule has 0 atom stereocenters. The summed E-state index contributed by atoms with van der Waals surface area (Å²) in [5.74, 6) is -0.353. The average molecular weight is 389 g/mol. The minimum absolute atomic E-state index is 0.227. The first-order valence-corrected chi connectivity index (χ1v) is 10.4. The van der Waals surface area contributed by atoms with Gasteiger partial charge in [0.25, 0.3) is 5.56 Å². The van der Waals surface area contributed by atoms with Crippen molar-refractivity contribution >= 4 is 15.9 Å². The van der Waals surface area contributed by atoms with Gasteiger partial charge >= 0.3 is 0 Å². The van der Waals surface area contributed by atoms with Crippen LogP contribution in [0.4, 0.5) is 0 Å². The highest BCUT2D eigenvalue weighted by molar-refractivity contribution is 7.89. The first-order chi connectivity index (χ1) is 13.0. The van der Waals surface area contributed by atoms with Crippen LogP contribution in [-0.4, -0.2) is 36.3 Å². The zero-order valence-corrected chi connectivity index (χ0v) is 15.8. The van der Waals surface area contributed by atoms with E-state index in [2.05, 4.69) is 5.32 Å². The van der Waals surface area contributed by atoms with Crippen LogP contribution in [0.3, 0.4) is 0 Å². The number of nitrogens with zero attached hydrogens (tertiary/aromatic N) is 2. The lowest BCUT2D eigenvalue weighted by molar-refractivity contribution is -0.121. The first kappa shape index (κ1) is 19.3. The number of hydrogen-bond acceptors (Lipinski definition) is 4. The Hall–Kier alpha value is -2.45. The highest BCUT2D eigenvalue weighted by Gasteiger charge is 2.28. The summed E-state index contributed by atoms with van der Waals surface area (Å²) in [6, 6.07) is 12.2. The van der Waals surface area contributed by atoms with E-state index in [9.17, 15) is 18.0 Å². The number of sulfonamides is 1. The Balaban J connectivity index is 1.73. The lowest BCUT2D eigenvalue weighted by Crippen LogP contribution is -2.40. The topological polar surface area (TPSA) is 88.5 Å². The molecule has 144 valence electrons. The molecule has 0 saturated carbocycles. The van der Waals surface area contributed by atoms with Gasteiger partial charge in [0.05, 0.1) is 0 Å². The number of carbonyl (C=O) groups is 1. The molecule has 1 aliphatic heterocycles. The average Bonchev–Trinajstić information content (AvgIpc) is 2.69. The Morgan fingerprint density at radius 2 is 1.70 bits per heavy atom. The maximum Gasteiger partial charge on any atom is 0.271 e. The highest BCUT2D eigenvalue weighted by atomic mass is 32.2. The van der Waals surface area contributed by atoms with Gasteiger partial charge in [0.15, 0.2) is 0 Å². The number of aromatic nitrogens is 1. The van der Waals surface area contributed by atoms with Crippen LogP contribution >= 0.6 is 0 Å². The summed E-state index contributed by atoms with van der Waals surface area (Å²) in [5.41, 5.74) is 0.276. The van der Waals surface area contributed by atoms with Gasteiger partial charge in [-0.15, -0.1) is 0 Å². The Bertz CT molecular complexity index is 948. The van der Waals surface area contributed by atoms with Gasteiger partial charge in [-0.1, -0.05) is 36.8 Å². The van der Waals surface area contributed by atoms with Crippen molar-refractivity contribution in [2.24, 2.45) is 0 Å². The van der Waals surface area contributed by atoms with Gasteiger partial charge in [0, 0.05) is 25.8 Å². The lowest BCUT2D eigenvalue weighted by Gasteiger charge is -2.25. The molecule has 7 nitrogen and oxygen atoms in total. The van der Waals surface area contributed by atoms with E-state index in [1.54, 1.807) is 0 Å². The van der Waals surface area contributed by atoms with Gasteiger partial charge in [-0.3, -0.25) is 9.59 Å². The maximum absolute atomic E-state index is 12.8. The van der Waals surface area contributed by atoms with Crippen LogP contribution in [-0.2, 0) is 27.9 Å². The summed E-state index contributed by atoms with van der Waals surface area (Å²) in [4.78, 5) is 24.5. The summed E-state index contributed by atoms with van der Waals surface area (Å²) in [6.07, 6.45) is 4.01. The van der Waals surface area contributed by atoms with Crippen molar-refractivity contribution in [2.45, 2.75) is 37.2 Å². The Labute approximate surface area is 158 Å². The zero-order chi connectivity index (χ0) is 19.3. The van der Waals surface area contributed by atoms with Gasteiger partial charge in [-0.05, 0) is 30.5 Å². The summed E-state index contributed by atoms with van der Waals surface area (Å²) in [5, 5.41) is 2.74. The van der Waals surface area contributed by atoms with Crippen LogP contribution < -0.4 is 10.9 Å². The molecular weight excluding hydrogens is 366 g/mol. The largest absolute Gasteiger partial charge is 0.350 e. The molecule has 1 aromatic heterocycles. The number of rotatable bonds is 6. The molecule has 1 amide bonds. The molecule has 1 saturated heterocycles. The number of carbonyl (C=O) groups excluding carboxylic acids is 1. The van der Waals surface area contributed by atoms with Gasteiger partial charge in [0.1, 0.15) is 11.4 Å². The van der Waals surface area contributed by atoms with Crippen molar-refractivity contribution in [3.05, 3.63) is 64.6 Å². The van der Waals surface area contributed by atoms with E-state index in [0.29, 0.717) is 19.6 Å². The summed E-state index contributed by atoms with van der Waals surface area (Å²) in [6.45, 7) is 0.970. The molecule has 2 heterocycles. The molecular formula is C19H23N3O4S. The fourth-order valence-corrected chi connectivity index (χ4v) is 4.69. The Morgan fingerprint density at radius 3 is 2.41 bits per heavy atom. The van der Waals surface area contributed by atoms with E-state index in [1.165, 1.54) is 22.6 Å². The molecule has 3 rings (SSSR count). The first-order valence-electron chi connectivity index (χ1n) is 8.99. The Kier molecular flexibility index (Phi) is 6.08. The van der Waals surface area contributed by atoms with Crippen molar-refractivity contribution in [3.8, 4) is 0 Å². The van der Waals surface area contributed by atoms with Crippen molar-refractivity contribution in [1.29, 1.82) is 0 Å². The van der Waals surface area contributed by atoms with E-state index < -0.39 is 15.6 Å². The third kappa shape index (κ3) is 4.64. The number of pyridine rings is 1. The van der Waals surface area contributed by atoms with Crippen molar-refractivity contribution in [1.82, 2.24) is 14.2 Å². The van der Waals surface area contributed by atoms with Crippen molar-refractivity contribution in [2.75, 3.05) is 13.1 Å². The molecule has 27 heavy (non-hydrogen) atoms. The molecule has 8 heteroatoms. The second-order valence-corrected chi connectivity index (χ2v) is 8.44. The van der Waals surface area contributed by atoms with Crippen molar-refractivity contribution in [3.63, 3.8) is 0 Å². The molecule has 1 N–H and O–H groups in total.